The minimum absolute atomic E-state index is 0.0410. The zero-order valence-corrected chi connectivity index (χ0v) is 25.0. The van der Waals surface area contributed by atoms with Crippen LogP contribution in [0.3, 0.4) is 0 Å². The van der Waals surface area contributed by atoms with Crippen LogP contribution in [0.15, 0.2) is 42.7 Å². The van der Waals surface area contributed by atoms with E-state index in [1.165, 1.54) is 29.8 Å². The number of nitrogens with one attached hydrogen (secondary N) is 1. The maximum Gasteiger partial charge on any atom is 0.329 e. The number of carbonyl (C=O) groups excluding carboxylic acids is 3. The molecule has 7 rings (SSSR count). The topological polar surface area (TPSA) is 140 Å². The van der Waals surface area contributed by atoms with E-state index in [2.05, 4.69) is 10.3 Å². The summed E-state index contributed by atoms with van der Waals surface area (Å²) >= 11 is 1.26. The summed E-state index contributed by atoms with van der Waals surface area (Å²) in [6.45, 7) is 0.772. The zero-order chi connectivity index (χ0) is 30.0. The van der Waals surface area contributed by atoms with E-state index in [9.17, 15) is 33.1 Å². The van der Waals surface area contributed by atoms with E-state index in [0.717, 1.165) is 24.0 Å². The largest absolute Gasteiger partial charge is 0.340 e. The van der Waals surface area contributed by atoms with Crippen molar-refractivity contribution in [3.63, 3.8) is 0 Å². The molecule has 3 saturated heterocycles. The molecule has 1 aromatic carbocycles. The van der Waals surface area contributed by atoms with E-state index < -0.39 is 19.7 Å². The summed E-state index contributed by atoms with van der Waals surface area (Å²) in [5, 5.41) is 3.68. The monoisotopic (exact) mass is 626 g/mol. The second kappa shape index (κ2) is 10.8. The van der Waals surface area contributed by atoms with Crippen LogP contribution < -0.4 is 5.32 Å². The van der Waals surface area contributed by atoms with Crippen molar-refractivity contribution in [2.75, 3.05) is 13.1 Å². The first-order valence-electron chi connectivity index (χ1n) is 14.6. The minimum Gasteiger partial charge on any atom is -0.340 e. The van der Waals surface area contributed by atoms with Gasteiger partial charge in [-0.25, -0.2) is 4.39 Å². The van der Waals surface area contributed by atoms with Crippen LogP contribution in [0.4, 0.5) is 4.39 Å². The molecule has 0 unspecified atom stereocenters. The van der Waals surface area contributed by atoms with E-state index in [-0.39, 0.29) is 41.7 Å². The number of carbonyl (C=O) groups is 3. The molecule has 1 saturated carbocycles. The van der Waals surface area contributed by atoms with Gasteiger partial charge in [0.1, 0.15) is 17.9 Å². The summed E-state index contributed by atoms with van der Waals surface area (Å²) in [6.07, 6.45) is 6.26. The highest BCUT2D eigenvalue weighted by Crippen LogP contribution is 2.49. The van der Waals surface area contributed by atoms with Crippen LogP contribution >= 0.6 is 18.9 Å². The predicted molar refractivity (Wildman–Crippen MR) is 157 cm³/mol. The van der Waals surface area contributed by atoms with E-state index in [1.807, 2.05) is 0 Å². The van der Waals surface area contributed by atoms with Gasteiger partial charge in [-0.1, -0.05) is 6.07 Å². The number of rotatable bonds is 6. The zero-order valence-electron chi connectivity index (χ0n) is 23.3. The Balaban J connectivity index is 1.06. The molecule has 0 radical (unpaired) electrons. The number of pyridine rings is 1. The van der Waals surface area contributed by atoms with Crippen molar-refractivity contribution in [3.8, 4) is 0 Å². The molecule has 13 heteroatoms. The molecule has 1 aliphatic carbocycles. The molecule has 3 amide bonds. The molecule has 226 valence electrons. The Kier molecular flexibility index (Phi) is 7.16. The number of nitrogens with zero attached hydrogens (tertiary/aromatic N) is 3. The summed E-state index contributed by atoms with van der Waals surface area (Å²) < 4.78 is 26.5. The molecule has 10 nitrogen and oxygen atoms in total. The van der Waals surface area contributed by atoms with Crippen molar-refractivity contribution in [2.45, 2.75) is 62.3 Å². The van der Waals surface area contributed by atoms with Gasteiger partial charge in [0.05, 0.1) is 11.0 Å². The van der Waals surface area contributed by atoms with Gasteiger partial charge < -0.3 is 24.9 Å². The molecule has 0 bridgehead atoms. The summed E-state index contributed by atoms with van der Waals surface area (Å²) in [5.74, 6) is -0.320. The minimum atomic E-state index is -4.23. The highest BCUT2D eigenvalue weighted by atomic mass is 32.1. The number of halogens is 1. The molecule has 3 N–H and O–H groups in total. The van der Waals surface area contributed by atoms with Gasteiger partial charge in [-0.15, -0.1) is 11.3 Å². The van der Waals surface area contributed by atoms with E-state index >= 15 is 0 Å². The van der Waals surface area contributed by atoms with Crippen LogP contribution in [-0.4, -0.2) is 73.5 Å². The number of likely N-dealkylation sites (tertiary alicyclic amines) is 1. The van der Waals surface area contributed by atoms with Gasteiger partial charge >= 0.3 is 7.60 Å². The number of aromatic nitrogens is 1. The summed E-state index contributed by atoms with van der Waals surface area (Å²) in [4.78, 5) is 67.6. The van der Waals surface area contributed by atoms with Gasteiger partial charge in [0.15, 0.2) is 0 Å². The first kappa shape index (κ1) is 28.6. The van der Waals surface area contributed by atoms with Crippen molar-refractivity contribution in [3.05, 3.63) is 64.5 Å². The van der Waals surface area contributed by atoms with Crippen molar-refractivity contribution in [1.82, 2.24) is 20.1 Å². The number of thiophene rings is 1. The first-order chi connectivity index (χ1) is 20.5. The van der Waals surface area contributed by atoms with Crippen LogP contribution in [0.25, 0.3) is 10.1 Å². The fourth-order valence-corrected chi connectivity index (χ4v) is 8.78. The second-order valence-electron chi connectivity index (χ2n) is 12.4. The highest BCUT2D eigenvalue weighted by molar-refractivity contribution is 7.50. The fourth-order valence-electron chi connectivity index (χ4n) is 7.16. The number of benzene rings is 1. The average molecular weight is 627 g/mol. The molecular weight excluding hydrogens is 594 g/mol. The Morgan fingerprint density at radius 1 is 1.09 bits per heavy atom. The molecule has 3 aromatic rings. The van der Waals surface area contributed by atoms with Crippen LogP contribution in [-0.2, 0) is 20.3 Å². The van der Waals surface area contributed by atoms with Gasteiger partial charge in [-0.3, -0.25) is 23.9 Å². The Labute approximate surface area is 251 Å². The van der Waals surface area contributed by atoms with E-state index in [1.54, 1.807) is 34.1 Å². The molecule has 5 heterocycles. The Morgan fingerprint density at radius 3 is 2.65 bits per heavy atom. The molecule has 4 fully saturated rings. The lowest BCUT2D eigenvalue weighted by molar-refractivity contribution is -0.149. The predicted octanol–water partition coefficient (Wildman–Crippen LogP) is 3.63. The molecule has 3 aliphatic heterocycles. The SMILES string of the molecule is O=C(N[C@H]1C[C@@H]2C[C@@H]2C[C@H]2CC[C@@H](C(=O)N3CC(c4cnccc4F)C3)N2C1=O)c1cc2cc(CP(=O)(O)O)ccc2s1. The summed E-state index contributed by atoms with van der Waals surface area (Å²) in [5.41, 5.74) is 0.982. The van der Waals surface area contributed by atoms with Gasteiger partial charge in [0, 0.05) is 47.7 Å². The smallest absolute Gasteiger partial charge is 0.329 e. The highest BCUT2D eigenvalue weighted by Gasteiger charge is 2.52. The molecule has 43 heavy (non-hydrogen) atoms. The Hall–Kier alpha value is -3.18. The standard InChI is InChI=1S/C30H32FN4O6PS/c31-23-5-6-32-12-22(23)20-13-34(14-20)30(38)25-3-2-21-9-17-8-18(17)10-24(29(37)35(21)25)33-28(36)27-11-19-7-16(15-42(39,40)41)1-4-26(19)43-27/h1,4-7,11-12,17-18,20-21,24-25H,2-3,8-10,13-15H2,(H,33,36)(H2,39,40,41)/t17-,18+,21-,24+,25+/m1/s1. The Morgan fingerprint density at radius 2 is 1.88 bits per heavy atom. The maximum absolute atomic E-state index is 14.2. The number of hydrogen-bond acceptors (Lipinski definition) is 6. The number of fused-ring (bicyclic) bond motifs is 3. The van der Waals surface area contributed by atoms with Crippen LogP contribution in [0, 0.1) is 17.7 Å². The van der Waals surface area contributed by atoms with Gasteiger partial charge in [0.2, 0.25) is 11.8 Å². The second-order valence-corrected chi connectivity index (χ2v) is 15.1. The normalized spacial score (nSPS) is 27.2. The van der Waals surface area contributed by atoms with Crippen LogP contribution in [0.5, 0.6) is 0 Å². The van der Waals surface area contributed by atoms with Crippen molar-refractivity contribution in [1.29, 1.82) is 0 Å². The first-order valence-corrected chi connectivity index (χ1v) is 17.2. The summed E-state index contributed by atoms with van der Waals surface area (Å²) in [7, 11) is -4.23. The van der Waals surface area contributed by atoms with E-state index in [4.69, 9.17) is 0 Å². The lowest BCUT2D eigenvalue weighted by Gasteiger charge is -2.43. The van der Waals surface area contributed by atoms with Gasteiger partial charge in [-0.05, 0) is 79.2 Å². The quantitative estimate of drug-likeness (QED) is 0.355. The van der Waals surface area contributed by atoms with Crippen molar-refractivity contribution < 1.29 is 33.1 Å². The molecule has 0 spiro atoms. The molecular formula is C30H32FN4O6PS. The molecule has 2 aromatic heterocycles. The third-order valence-corrected chi connectivity index (χ3v) is 11.3. The van der Waals surface area contributed by atoms with Crippen LogP contribution in [0.2, 0.25) is 0 Å². The van der Waals surface area contributed by atoms with Gasteiger partial charge in [-0.2, -0.15) is 0 Å². The maximum atomic E-state index is 14.2. The summed E-state index contributed by atoms with van der Waals surface area (Å²) in [6, 6.07) is 6.68. The lowest BCUT2D eigenvalue weighted by atomic mass is 9.91. The van der Waals surface area contributed by atoms with E-state index in [0.29, 0.717) is 59.2 Å². The fraction of sp³-hybridized carbons (Fsp3) is 0.467. The van der Waals surface area contributed by atoms with Gasteiger partial charge in [0.25, 0.3) is 5.91 Å². The molecule has 4 aliphatic rings. The van der Waals surface area contributed by atoms with Crippen molar-refractivity contribution >= 4 is 46.7 Å². The Bertz CT molecular complexity index is 1670. The third kappa shape index (κ3) is 5.61. The third-order valence-electron chi connectivity index (χ3n) is 9.45. The lowest BCUT2D eigenvalue weighted by Crippen LogP contribution is -2.59. The van der Waals surface area contributed by atoms with Crippen molar-refractivity contribution in [2.24, 2.45) is 11.8 Å². The number of hydrogen-bond donors (Lipinski definition) is 3. The average Bonchev–Trinajstić information content (AvgIpc) is 3.29. The molecule has 5 atom stereocenters. The number of amides is 3. The van der Waals surface area contributed by atoms with Crippen LogP contribution in [0.1, 0.15) is 58.8 Å².